The third-order valence-electron chi connectivity index (χ3n) is 5.19. The van der Waals surface area contributed by atoms with E-state index in [-0.39, 0.29) is 5.63 Å². The van der Waals surface area contributed by atoms with E-state index >= 15 is 0 Å². The monoisotopic (exact) mass is 365 g/mol. The number of nitrogens with zero attached hydrogens (tertiary/aromatic N) is 1. The molecule has 0 unspecified atom stereocenters. The molecule has 1 aliphatic heterocycles. The van der Waals surface area contributed by atoms with Gasteiger partial charge in [0.15, 0.2) is 0 Å². The molecule has 2 aromatic carbocycles. The summed E-state index contributed by atoms with van der Waals surface area (Å²) in [7, 11) is 1.67. The Morgan fingerprint density at radius 1 is 1.22 bits per heavy atom. The van der Waals surface area contributed by atoms with E-state index in [2.05, 4.69) is 11.0 Å². The first-order valence-corrected chi connectivity index (χ1v) is 9.17. The van der Waals surface area contributed by atoms with Crippen molar-refractivity contribution in [1.82, 2.24) is 4.90 Å². The summed E-state index contributed by atoms with van der Waals surface area (Å²) in [6.07, 6.45) is 0.666. The van der Waals surface area contributed by atoms with E-state index in [9.17, 15) is 4.79 Å². The number of ether oxygens (including phenoxy) is 2. The lowest BCUT2D eigenvalue weighted by Crippen LogP contribution is -2.31. The fourth-order valence-electron chi connectivity index (χ4n) is 3.75. The molecule has 0 amide bonds. The molecule has 1 aliphatic rings. The van der Waals surface area contributed by atoms with Gasteiger partial charge in [-0.2, -0.15) is 0 Å². The van der Waals surface area contributed by atoms with Crippen LogP contribution in [0, 0.1) is 6.92 Å². The highest BCUT2D eigenvalue weighted by molar-refractivity contribution is 5.86. The average Bonchev–Trinajstić information content (AvgIpc) is 2.68. The third-order valence-corrected chi connectivity index (χ3v) is 5.19. The SMILES string of the molecule is CCc1c(C)c2ccc3c(c2oc1=O)CN(Cc1cccc(OC)c1)CO3. The van der Waals surface area contributed by atoms with Gasteiger partial charge >= 0.3 is 5.63 Å². The Labute approximate surface area is 158 Å². The summed E-state index contributed by atoms with van der Waals surface area (Å²) in [6.45, 7) is 5.84. The zero-order chi connectivity index (χ0) is 19.0. The number of hydrogen-bond acceptors (Lipinski definition) is 5. The van der Waals surface area contributed by atoms with Gasteiger partial charge < -0.3 is 13.9 Å². The summed E-state index contributed by atoms with van der Waals surface area (Å²) in [5.74, 6) is 1.63. The van der Waals surface area contributed by atoms with Crippen molar-refractivity contribution < 1.29 is 13.9 Å². The van der Waals surface area contributed by atoms with Gasteiger partial charge in [-0.3, -0.25) is 4.90 Å². The minimum atomic E-state index is -0.249. The second-order valence-electron chi connectivity index (χ2n) is 6.88. The normalized spacial score (nSPS) is 14.0. The average molecular weight is 365 g/mol. The Balaban J connectivity index is 1.70. The lowest BCUT2D eigenvalue weighted by molar-refractivity contribution is 0.0889. The second-order valence-corrected chi connectivity index (χ2v) is 6.88. The molecule has 5 heteroatoms. The summed E-state index contributed by atoms with van der Waals surface area (Å²) in [6, 6.07) is 12.0. The number of aryl methyl sites for hydroxylation is 1. The van der Waals surface area contributed by atoms with Crippen LogP contribution in [-0.4, -0.2) is 18.7 Å². The number of rotatable bonds is 4. The van der Waals surface area contributed by atoms with Gasteiger partial charge in [0.1, 0.15) is 23.8 Å². The van der Waals surface area contributed by atoms with Crippen molar-refractivity contribution in [3.63, 3.8) is 0 Å². The molecule has 0 spiro atoms. The molecule has 27 heavy (non-hydrogen) atoms. The van der Waals surface area contributed by atoms with E-state index in [4.69, 9.17) is 13.9 Å². The van der Waals surface area contributed by atoms with E-state index in [1.807, 2.05) is 44.2 Å². The Morgan fingerprint density at radius 3 is 2.85 bits per heavy atom. The number of benzene rings is 2. The molecule has 1 aromatic heterocycles. The molecule has 0 atom stereocenters. The van der Waals surface area contributed by atoms with Gasteiger partial charge in [-0.05, 0) is 48.7 Å². The summed E-state index contributed by atoms with van der Waals surface area (Å²) in [5, 5.41) is 0.983. The van der Waals surface area contributed by atoms with Crippen molar-refractivity contribution in [2.45, 2.75) is 33.4 Å². The predicted molar refractivity (Wildman–Crippen MR) is 104 cm³/mol. The van der Waals surface area contributed by atoms with E-state index < -0.39 is 0 Å². The molecule has 5 nitrogen and oxygen atoms in total. The van der Waals surface area contributed by atoms with E-state index in [1.54, 1.807) is 7.11 Å². The standard InChI is InChI=1S/C22H23NO4/c1-4-17-14(2)18-8-9-20-19(21(18)27-22(17)24)12-23(13-26-20)11-15-6-5-7-16(10-15)25-3/h5-10H,4,11-13H2,1-3H3. The number of methoxy groups -OCH3 is 1. The van der Waals surface area contributed by atoms with Crippen LogP contribution in [-0.2, 0) is 19.5 Å². The third kappa shape index (κ3) is 3.19. The van der Waals surface area contributed by atoms with Crippen molar-refractivity contribution in [2.24, 2.45) is 0 Å². The smallest absolute Gasteiger partial charge is 0.339 e. The predicted octanol–water partition coefficient (Wildman–Crippen LogP) is 4.02. The van der Waals surface area contributed by atoms with Gasteiger partial charge in [0.05, 0.1) is 12.7 Å². The van der Waals surface area contributed by atoms with Crippen LogP contribution in [0.25, 0.3) is 11.0 Å². The van der Waals surface area contributed by atoms with Crippen LogP contribution in [0.4, 0.5) is 0 Å². The Bertz CT molecular complexity index is 1050. The largest absolute Gasteiger partial charge is 0.497 e. The molecule has 0 saturated heterocycles. The van der Waals surface area contributed by atoms with Crippen LogP contribution < -0.4 is 15.1 Å². The lowest BCUT2D eigenvalue weighted by Gasteiger charge is -2.29. The van der Waals surface area contributed by atoms with Crippen LogP contribution in [0.3, 0.4) is 0 Å². The molecule has 2 heterocycles. The Hall–Kier alpha value is -2.79. The molecular weight excluding hydrogens is 342 g/mol. The van der Waals surface area contributed by atoms with E-state index in [0.717, 1.165) is 45.7 Å². The van der Waals surface area contributed by atoms with Gasteiger partial charge in [-0.15, -0.1) is 0 Å². The zero-order valence-corrected chi connectivity index (χ0v) is 15.9. The van der Waals surface area contributed by atoms with Gasteiger partial charge in [0.25, 0.3) is 0 Å². The number of fused-ring (bicyclic) bond motifs is 3. The first-order valence-electron chi connectivity index (χ1n) is 9.17. The van der Waals surface area contributed by atoms with Crippen molar-refractivity contribution >= 4 is 11.0 Å². The molecule has 140 valence electrons. The van der Waals surface area contributed by atoms with Crippen molar-refractivity contribution in [3.05, 3.63) is 69.1 Å². The molecule has 0 saturated carbocycles. The van der Waals surface area contributed by atoms with E-state index in [1.165, 1.54) is 0 Å². The minimum Gasteiger partial charge on any atom is -0.497 e. The summed E-state index contributed by atoms with van der Waals surface area (Å²) < 4.78 is 17.0. The van der Waals surface area contributed by atoms with Crippen LogP contribution in [0.15, 0.2) is 45.6 Å². The maximum atomic E-state index is 12.4. The lowest BCUT2D eigenvalue weighted by atomic mass is 10.0. The fourth-order valence-corrected chi connectivity index (χ4v) is 3.75. The molecule has 0 aliphatic carbocycles. The Morgan fingerprint density at radius 2 is 2.07 bits per heavy atom. The van der Waals surface area contributed by atoms with Crippen molar-refractivity contribution in [2.75, 3.05) is 13.8 Å². The molecular formula is C22H23NO4. The fraction of sp³-hybridized carbons (Fsp3) is 0.318. The Kier molecular flexibility index (Phi) is 4.62. The zero-order valence-electron chi connectivity index (χ0n) is 15.9. The van der Waals surface area contributed by atoms with Gasteiger partial charge in [-0.25, -0.2) is 4.79 Å². The topological polar surface area (TPSA) is 51.9 Å². The molecule has 3 aromatic rings. The molecule has 0 bridgehead atoms. The highest BCUT2D eigenvalue weighted by Gasteiger charge is 2.23. The minimum absolute atomic E-state index is 0.249. The van der Waals surface area contributed by atoms with Crippen LogP contribution >= 0.6 is 0 Å². The van der Waals surface area contributed by atoms with Crippen LogP contribution in [0.1, 0.15) is 29.2 Å². The second kappa shape index (κ2) is 7.08. The first kappa shape index (κ1) is 17.6. The quantitative estimate of drug-likeness (QED) is 0.654. The summed E-state index contributed by atoms with van der Waals surface area (Å²) in [5.41, 5.74) is 4.21. The first-order chi connectivity index (χ1) is 13.1. The van der Waals surface area contributed by atoms with Crippen molar-refractivity contribution in [1.29, 1.82) is 0 Å². The number of hydrogen-bond donors (Lipinski definition) is 0. The maximum absolute atomic E-state index is 12.4. The maximum Gasteiger partial charge on any atom is 0.339 e. The van der Waals surface area contributed by atoms with E-state index in [0.29, 0.717) is 25.3 Å². The molecule has 4 rings (SSSR count). The highest BCUT2D eigenvalue weighted by atomic mass is 16.5. The molecule has 0 radical (unpaired) electrons. The van der Waals surface area contributed by atoms with Gasteiger partial charge in [0, 0.05) is 24.0 Å². The van der Waals surface area contributed by atoms with Crippen molar-refractivity contribution in [3.8, 4) is 11.5 Å². The van der Waals surface area contributed by atoms with Gasteiger partial charge in [0.2, 0.25) is 0 Å². The van der Waals surface area contributed by atoms with Gasteiger partial charge in [-0.1, -0.05) is 19.1 Å². The van der Waals surface area contributed by atoms with Crippen LogP contribution in [0.5, 0.6) is 11.5 Å². The molecule has 0 N–H and O–H groups in total. The highest BCUT2D eigenvalue weighted by Crippen LogP contribution is 2.34. The molecule has 0 fully saturated rings. The summed E-state index contributed by atoms with van der Waals surface area (Å²) in [4.78, 5) is 14.6. The van der Waals surface area contributed by atoms with Crippen LogP contribution in [0.2, 0.25) is 0 Å². The summed E-state index contributed by atoms with van der Waals surface area (Å²) >= 11 is 0.